The summed E-state index contributed by atoms with van der Waals surface area (Å²) < 4.78 is 0. The third kappa shape index (κ3) is 2.09. The molecule has 0 aromatic carbocycles. The first-order valence-corrected chi connectivity index (χ1v) is 5.15. The van der Waals surface area contributed by atoms with Crippen molar-refractivity contribution in [2.24, 2.45) is 5.92 Å². The normalized spacial score (nSPS) is 15.1. The number of amides is 1. The molecule has 15 heavy (non-hydrogen) atoms. The van der Waals surface area contributed by atoms with Gasteiger partial charge in [0, 0.05) is 12.7 Å². The minimum absolute atomic E-state index is 0.0381. The largest absolute Gasteiger partial charge is 0.360 e. The number of nitrogens with zero attached hydrogens (tertiary/aromatic N) is 2. The smallest absolute Gasteiger partial charge is 0.243 e. The van der Waals surface area contributed by atoms with E-state index in [1.807, 2.05) is 6.07 Å². The summed E-state index contributed by atoms with van der Waals surface area (Å²) in [5.74, 6) is 0.577. The van der Waals surface area contributed by atoms with E-state index in [2.05, 4.69) is 29.0 Å². The summed E-state index contributed by atoms with van der Waals surface area (Å²) in [7, 11) is 0. The van der Waals surface area contributed by atoms with Crippen molar-refractivity contribution in [3.05, 3.63) is 18.5 Å². The van der Waals surface area contributed by atoms with Crippen LogP contribution in [0.4, 0.5) is 11.4 Å². The van der Waals surface area contributed by atoms with Crippen molar-refractivity contribution in [3.63, 3.8) is 0 Å². The summed E-state index contributed by atoms with van der Waals surface area (Å²) in [5.41, 5.74) is 1.88. The second kappa shape index (κ2) is 3.88. The quantitative estimate of drug-likeness (QED) is 0.795. The number of hydrogen-bond donors (Lipinski definition) is 1. The Morgan fingerprint density at radius 1 is 1.60 bits per heavy atom. The van der Waals surface area contributed by atoms with Crippen molar-refractivity contribution in [3.8, 4) is 0 Å². The second-order valence-electron chi connectivity index (χ2n) is 4.22. The fraction of sp³-hybridized carbons (Fsp3) is 0.455. The maximum Gasteiger partial charge on any atom is 0.243 e. The van der Waals surface area contributed by atoms with Crippen LogP contribution >= 0.6 is 0 Å². The highest BCUT2D eigenvalue weighted by Gasteiger charge is 2.21. The molecule has 0 aliphatic carbocycles. The Kier molecular flexibility index (Phi) is 2.58. The Balaban J connectivity index is 2.30. The fourth-order valence-corrected chi connectivity index (χ4v) is 1.81. The molecule has 1 N–H and O–H groups in total. The lowest BCUT2D eigenvalue weighted by Gasteiger charge is -2.31. The van der Waals surface area contributed by atoms with Crippen molar-refractivity contribution < 1.29 is 4.79 Å². The van der Waals surface area contributed by atoms with E-state index in [9.17, 15) is 4.79 Å². The van der Waals surface area contributed by atoms with Gasteiger partial charge in [0.15, 0.2) is 0 Å². The van der Waals surface area contributed by atoms with Gasteiger partial charge in [0.05, 0.1) is 24.1 Å². The zero-order chi connectivity index (χ0) is 10.8. The van der Waals surface area contributed by atoms with Crippen LogP contribution in [-0.4, -0.2) is 24.0 Å². The summed E-state index contributed by atoms with van der Waals surface area (Å²) >= 11 is 0. The summed E-state index contributed by atoms with van der Waals surface area (Å²) in [6.45, 7) is 5.63. The van der Waals surface area contributed by atoms with E-state index in [1.165, 1.54) is 0 Å². The Labute approximate surface area is 89.3 Å². The maximum absolute atomic E-state index is 11.4. The van der Waals surface area contributed by atoms with Crippen molar-refractivity contribution in [2.45, 2.75) is 13.8 Å². The maximum atomic E-state index is 11.4. The van der Waals surface area contributed by atoms with Gasteiger partial charge in [-0.25, -0.2) is 0 Å². The molecule has 0 fully saturated rings. The first-order chi connectivity index (χ1) is 7.16. The molecule has 1 aromatic rings. The van der Waals surface area contributed by atoms with Gasteiger partial charge in [-0.2, -0.15) is 0 Å². The van der Waals surface area contributed by atoms with Gasteiger partial charge in [0.2, 0.25) is 5.91 Å². The lowest BCUT2D eigenvalue weighted by atomic mass is 10.1. The van der Waals surface area contributed by atoms with E-state index in [0.717, 1.165) is 17.9 Å². The first-order valence-electron chi connectivity index (χ1n) is 5.15. The van der Waals surface area contributed by atoms with Crippen LogP contribution in [0.15, 0.2) is 18.5 Å². The van der Waals surface area contributed by atoms with Crippen LogP contribution in [0.5, 0.6) is 0 Å². The third-order valence-corrected chi connectivity index (χ3v) is 2.33. The summed E-state index contributed by atoms with van der Waals surface area (Å²) in [5, 5.41) is 2.82. The number of carbonyl (C=O) groups is 1. The molecule has 4 nitrogen and oxygen atoms in total. The van der Waals surface area contributed by atoms with Gasteiger partial charge in [-0.15, -0.1) is 0 Å². The van der Waals surface area contributed by atoms with Gasteiger partial charge < -0.3 is 10.2 Å². The van der Waals surface area contributed by atoms with E-state index in [4.69, 9.17) is 0 Å². The van der Waals surface area contributed by atoms with Crippen LogP contribution in [0.3, 0.4) is 0 Å². The zero-order valence-corrected chi connectivity index (χ0v) is 9.03. The Bertz CT molecular complexity index is 376. The van der Waals surface area contributed by atoms with E-state index in [-0.39, 0.29) is 5.91 Å². The second-order valence-corrected chi connectivity index (χ2v) is 4.22. The number of aromatic nitrogens is 1. The number of rotatable bonds is 2. The predicted molar refractivity (Wildman–Crippen MR) is 59.9 cm³/mol. The molecule has 0 spiro atoms. The third-order valence-electron chi connectivity index (χ3n) is 2.33. The Hall–Kier alpha value is -1.58. The lowest BCUT2D eigenvalue weighted by Crippen LogP contribution is -2.40. The average Bonchev–Trinajstić information content (AvgIpc) is 2.16. The Morgan fingerprint density at radius 3 is 3.13 bits per heavy atom. The molecule has 0 saturated carbocycles. The molecule has 80 valence electrons. The minimum Gasteiger partial charge on any atom is -0.360 e. The monoisotopic (exact) mass is 205 g/mol. The van der Waals surface area contributed by atoms with E-state index in [1.54, 1.807) is 12.4 Å². The number of carbonyl (C=O) groups excluding carboxylic acids is 1. The molecule has 1 aliphatic rings. The van der Waals surface area contributed by atoms with Crippen LogP contribution < -0.4 is 10.2 Å². The zero-order valence-electron chi connectivity index (χ0n) is 9.03. The molecular formula is C11H15N3O. The minimum atomic E-state index is 0.0381. The van der Waals surface area contributed by atoms with Crippen molar-refractivity contribution in [1.82, 2.24) is 4.98 Å². The Morgan fingerprint density at radius 2 is 2.40 bits per heavy atom. The highest BCUT2D eigenvalue weighted by Crippen LogP contribution is 2.28. The van der Waals surface area contributed by atoms with Crippen molar-refractivity contribution in [2.75, 3.05) is 23.3 Å². The molecule has 1 amide bonds. The highest BCUT2D eigenvalue weighted by molar-refractivity contribution is 6.00. The van der Waals surface area contributed by atoms with Crippen molar-refractivity contribution in [1.29, 1.82) is 0 Å². The topological polar surface area (TPSA) is 45.2 Å². The van der Waals surface area contributed by atoms with Gasteiger partial charge in [0.1, 0.15) is 0 Å². The van der Waals surface area contributed by atoms with E-state index < -0.39 is 0 Å². The van der Waals surface area contributed by atoms with Crippen LogP contribution in [0.2, 0.25) is 0 Å². The average molecular weight is 205 g/mol. The standard InChI is InChI=1S/C11H15N3O/c1-8(2)6-14-7-11(15)13-9-5-12-4-3-10(9)14/h3-5,8H,6-7H2,1-2H3,(H,13,15). The number of anilines is 2. The van der Waals surface area contributed by atoms with E-state index >= 15 is 0 Å². The molecule has 0 bridgehead atoms. The summed E-state index contributed by atoms with van der Waals surface area (Å²) in [6.07, 6.45) is 3.45. The number of hydrogen-bond acceptors (Lipinski definition) is 3. The van der Waals surface area contributed by atoms with Crippen LogP contribution in [0.25, 0.3) is 0 Å². The van der Waals surface area contributed by atoms with Gasteiger partial charge in [-0.05, 0) is 12.0 Å². The molecule has 2 rings (SSSR count). The molecule has 0 atom stereocenters. The summed E-state index contributed by atoms with van der Waals surface area (Å²) in [4.78, 5) is 17.5. The SMILES string of the molecule is CC(C)CN1CC(=O)Nc2cnccc21. The molecule has 0 unspecified atom stereocenters. The molecule has 2 heterocycles. The molecule has 4 heteroatoms. The molecular weight excluding hydrogens is 190 g/mol. The summed E-state index contributed by atoms with van der Waals surface area (Å²) in [6, 6.07) is 1.94. The number of fused-ring (bicyclic) bond motifs is 1. The van der Waals surface area contributed by atoms with Gasteiger partial charge in [-0.1, -0.05) is 13.8 Å². The van der Waals surface area contributed by atoms with Gasteiger partial charge >= 0.3 is 0 Å². The van der Waals surface area contributed by atoms with Gasteiger partial charge in [0.25, 0.3) is 0 Å². The van der Waals surface area contributed by atoms with Crippen LogP contribution in [0.1, 0.15) is 13.8 Å². The first kappa shape index (κ1) is 9.96. The lowest BCUT2D eigenvalue weighted by molar-refractivity contribution is -0.115. The molecule has 0 radical (unpaired) electrons. The number of nitrogens with one attached hydrogen (secondary N) is 1. The molecule has 1 aromatic heterocycles. The highest BCUT2D eigenvalue weighted by atomic mass is 16.2. The van der Waals surface area contributed by atoms with Crippen molar-refractivity contribution >= 4 is 17.3 Å². The van der Waals surface area contributed by atoms with Gasteiger partial charge in [-0.3, -0.25) is 9.78 Å². The molecule has 0 saturated heterocycles. The van der Waals surface area contributed by atoms with E-state index in [0.29, 0.717) is 12.5 Å². The predicted octanol–water partition coefficient (Wildman–Crippen LogP) is 1.50. The van der Waals surface area contributed by atoms with Crippen LogP contribution in [0, 0.1) is 5.92 Å². The van der Waals surface area contributed by atoms with Crippen LogP contribution in [-0.2, 0) is 4.79 Å². The fourth-order valence-electron chi connectivity index (χ4n) is 1.81. The molecule has 1 aliphatic heterocycles. The number of pyridine rings is 1.